The van der Waals surface area contributed by atoms with Gasteiger partial charge in [-0.3, -0.25) is 0 Å². The Kier molecular flexibility index (Phi) is 7.72. The molecule has 0 spiro atoms. The van der Waals surface area contributed by atoms with Crippen LogP contribution in [0.1, 0.15) is 60.3 Å². The Morgan fingerprint density at radius 3 is 2.19 bits per heavy atom. The number of anilines is 2. The summed E-state index contributed by atoms with van der Waals surface area (Å²) in [5, 5.41) is 3.06. The lowest BCUT2D eigenvalue weighted by atomic mass is 9.86. The van der Waals surface area contributed by atoms with Crippen LogP contribution in [0, 0.1) is 17.6 Å². The highest BCUT2D eigenvalue weighted by Gasteiger charge is 2.33. The van der Waals surface area contributed by atoms with Crippen LogP contribution in [0.3, 0.4) is 0 Å². The fraction of sp³-hybridized carbons (Fsp3) is 0.739. The Hall–Kier alpha value is -1.45. The fourth-order valence-electron chi connectivity index (χ4n) is 4.43. The molecule has 1 aromatic carbocycles. The van der Waals surface area contributed by atoms with Crippen LogP contribution >= 0.6 is 0 Å². The maximum atomic E-state index is 14.8. The molecule has 2 aliphatic rings. The van der Waals surface area contributed by atoms with E-state index >= 15 is 0 Å². The summed E-state index contributed by atoms with van der Waals surface area (Å²) in [5.41, 5.74) is 0.429. The molecular formula is C23H37F2N3O3S. The molecule has 2 atom stereocenters. The number of benzene rings is 1. The van der Waals surface area contributed by atoms with Crippen LogP contribution in [0.25, 0.3) is 0 Å². The summed E-state index contributed by atoms with van der Waals surface area (Å²) in [6.07, 6.45) is 3.06. The largest absolute Gasteiger partial charge is 0.382 e. The van der Waals surface area contributed by atoms with Gasteiger partial charge in [-0.1, -0.05) is 0 Å². The number of hydrogen-bond donors (Lipinski definition) is 2. The summed E-state index contributed by atoms with van der Waals surface area (Å²) in [6, 6.07) is 3.16. The van der Waals surface area contributed by atoms with Crippen LogP contribution in [0.2, 0.25) is 0 Å². The molecule has 1 heterocycles. The van der Waals surface area contributed by atoms with E-state index in [1.54, 1.807) is 32.9 Å². The van der Waals surface area contributed by atoms with Gasteiger partial charge in [0.15, 0.2) is 11.6 Å². The van der Waals surface area contributed by atoms with Gasteiger partial charge in [-0.15, -0.1) is 0 Å². The second kappa shape index (κ2) is 9.81. The number of rotatable bonds is 6. The van der Waals surface area contributed by atoms with Gasteiger partial charge in [0.05, 0.1) is 28.3 Å². The van der Waals surface area contributed by atoms with Crippen molar-refractivity contribution in [3.63, 3.8) is 0 Å². The van der Waals surface area contributed by atoms with E-state index in [0.29, 0.717) is 19.6 Å². The smallest absolute Gasteiger partial charge is 0.216 e. The molecule has 1 saturated heterocycles. The first-order valence-electron chi connectivity index (χ1n) is 11.5. The summed E-state index contributed by atoms with van der Waals surface area (Å²) >= 11 is 0. The Morgan fingerprint density at radius 2 is 1.62 bits per heavy atom. The van der Waals surface area contributed by atoms with Crippen LogP contribution in [0.15, 0.2) is 12.1 Å². The Morgan fingerprint density at radius 1 is 1.03 bits per heavy atom. The molecule has 6 nitrogen and oxygen atoms in total. The molecule has 0 bridgehead atoms. The SMILES string of the molecule is C[C@@H]1CN(c2ccc(NCC3CCC(NS(=O)(=O)C(C)(C)C)CC3)c(F)c2F)C[C@H](C)O1. The first kappa shape index (κ1) is 25.2. The summed E-state index contributed by atoms with van der Waals surface area (Å²) in [6.45, 7) is 10.5. The minimum atomic E-state index is -3.37. The van der Waals surface area contributed by atoms with E-state index in [9.17, 15) is 17.2 Å². The van der Waals surface area contributed by atoms with Crippen LogP contribution in [-0.4, -0.2) is 51.0 Å². The Bertz CT molecular complexity index is 886. The maximum Gasteiger partial charge on any atom is 0.216 e. The van der Waals surface area contributed by atoms with E-state index in [0.717, 1.165) is 25.7 Å². The number of ether oxygens (including phenoxy) is 1. The topological polar surface area (TPSA) is 70.7 Å². The molecule has 1 aliphatic carbocycles. The van der Waals surface area contributed by atoms with Gasteiger partial charge < -0.3 is 15.0 Å². The molecule has 2 fully saturated rings. The van der Waals surface area contributed by atoms with Crippen molar-refractivity contribution in [1.29, 1.82) is 0 Å². The van der Waals surface area contributed by atoms with Gasteiger partial charge in [0.2, 0.25) is 10.0 Å². The van der Waals surface area contributed by atoms with E-state index in [1.165, 1.54) is 0 Å². The van der Waals surface area contributed by atoms with Crippen molar-refractivity contribution in [3.05, 3.63) is 23.8 Å². The van der Waals surface area contributed by atoms with Gasteiger partial charge in [-0.25, -0.2) is 21.9 Å². The number of halogens is 2. The molecule has 0 radical (unpaired) electrons. The van der Waals surface area contributed by atoms with Crippen molar-refractivity contribution in [3.8, 4) is 0 Å². The Labute approximate surface area is 191 Å². The van der Waals surface area contributed by atoms with Crippen molar-refractivity contribution in [2.75, 3.05) is 29.9 Å². The van der Waals surface area contributed by atoms with Gasteiger partial charge in [-0.2, -0.15) is 0 Å². The fourth-order valence-corrected chi connectivity index (χ4v) is 5.46. The second-order valence-electron chi connectivity index (χ2n) is 10.3. The molecule has 0 unspecified atom stereocenters. The normalized spacial score (nSPS) is 27.4. The van der Waals surface area contributed by atoms with Gasteiger partial charge in [0, 0.05) is 25.7 Å². The molecule has 3 rings (SSSR count). The number of morpholine rings is 1. The number of nitrogens with zero attached hydrogens (tertiary/aromatic N) is 1. The van der Waals surface area contributed by atoms with E-state index < -0.39 is 26.4 Å². The molecule has 182 valence electrons. The second-order valence-corrected chi connectivity index (χ2v) is 12.7. The molecule has 0 aromatic heterocycles. The van der Waals surface area contributed by atoms with Gasteiger partial charge >= 0.3 is 0 Å². The summed E-state index contributed by atoms with van der Waals surface area (Å²) in [7, 11) is -3.37. The quantitative estimate of drug-likeness (QED) is 0.646. The third-order valence-electron chi connectivity index (χ3n) is 6.38. The molecule has 2 N–H and O–H groups in total. The zero-order valence-corrected chi connectivity index (χ0v) is 20.6. The molecule has 1 aromatic rings. The highest BCUT2D eigenvalue weighted by molar-refractivity contribution is 7.90. The molecule has 0 amide bonds. The van der Waals surface area contributed by atoms with Gasteiger partial charge in [0.25, 0.3) is 0 Å². The predicted octanol–water partition coefficient (Wildman–Crippen LogP) is 4.27. The molecule has 1 aliphatic heterocycles. The summed E-state index contributed by atoms with van der Waals surface area (Å²) < 4.78 is 61.9. The zero-order valence-electron chi connectivity index (χ0n) is 19.7. The van der Waals surface area contributed by atoms with Crippen LogP contribution in [-0.2, 0) is 14.8 Å². The van der Waals surface area contributed by atoms with Crippen LogP contribution in [0.4, 0.5) is 20.2 Å². The minimum absolute atomic E-state index is 0.0398. The van der Waals surface area contributed by atoms with Crippen molar-refractivity contribution in [1.82, 2.24) is 4.72 Å². The molecule has 1 saturated carbocycles. The monoisotopic (exact) mass is 473 g/mol. The van der Waals surface area contributed by atoms with Crippen LogP contribution < -0.4 is 14.9 Å². The lowest BCUT2D eigenvalue weighted by Crippen LogP contribution is -2.46. The zero-order chi connectivity index (χ0) is 23.7. The van der Waals surface area contributed by atoms with Crippen LogP contribution in [0.5, 0.6) is 0 Å². The lowest BCUT2D eigenvalue weighted by molar-refractivity contribution is -0.00542. The molecule has 32 heavy (non-hydrogen) atoms. The first-order valence-corrected chi connectivity index (χ1v) is 13.0. The molecular weight excluding hydrogens is 436 g/mol. The van der Waals surface area contributed by atoms with Crippen molar-refractivity contribution in [2.45, 2.75) is 83.3 Å². The maximum absolute atomic E-state index is 14.8. The number of nitrogens with one attached hydrogen (secondary N) is 2. The van der Waals surface area contributed by atoms with E-state index in [1.807, 2.05) is 18.7 Å². The third kappa shape index (κ3) is 5.91. The standard InChI is InChI=1S/C23H37F2N3O3S/c1-15-13-28(14-16(2)31-15)20-11-10-19(21(24)22(20)25)26-12-17-6-8-18(9-7-17)27-32(29,30)23(3,4)5/h10-11,15-18,26-27H,6-9,12-14H2,1-5H3/t15-,16+,17?,18?. The summed E-state index contributed by atoms with van der Waals surface area (Å²) in [4.78, 5) is 1.83. The van der Waals surface area contributed by atoms with E-state index in [2.05, 4.69) is 10.0 Å². The van der Waals surface area contributed by atoms with Gasteiger partial charge in [-0.05, 0) is 78.4 Å². The number of sulfonamides is 1. The number of hydrogen-bond acceptors (Lipinski definition) is 5. The summed E-state index contributed by atoms with van der Waals surface area (Å²) in [5.74, 6) is -1.41. The van der Waals surface area contributed by atoms with Crippen molar-refractivity contribution in [2.24, 2.45) is 5.92 Å². The minimum Gasteiger partial charge on any atom is -0.382 e. The average Bonchev–Trinajstić information content (AvgIpc) is 2.68. The van der Waals surface area contributed by atoms with Gasteiger partial charge in [0.1, 0.15) is 0 Å². The molecule has 9 heteroatoms. The Balaban J connectivity index is 1.54. The average molecular weight is 474 g/mol. The van der Waals surface area contributed by atoms with Crippen molar-refractivity contribution >= 4 is 21.4 Å². The van der Waals surface area contributed by atoms with Crippen molar-refractivity contribution < 1.29 is 21.9 Å². The third-order valence-corrected chi connectivity index (χ3v) is 8.63. The highest BCUT2D eigenvalue weighted by atomic mass is 32.2. The first-order chi connectivity index (χ1) is 14.9. The highest BCUT2D eigenvalue weighted by Crippen LogP contribution is 2.31. The lowest BCUT2D eigenvalue weighted by Gasteiger charge is -2.37. The van der Waals surface area contributed by atoms with E-state index in [4.69, 9.17) is 4.74 Å². The van der Waals surface area contributed by atoms with E-state index in [-0.39, 0.29) is 35.5 Å². The predicted molar refractivity (Wildman–Crippen MR) is 125 cm³/mol.